The minimum Gasteiger partial charge on any atom is -0.469 e. The van der Waals surface area contributed by atoms with Crippen molar-refractivity contribution in [2.24, 2.45) is 39.9 Å². The van der Waals surface area contributed by atoms with Gasteiger partial charge in [-0.2, -0.15) is 0 Å². The monoisotopic (exact) mass is 390 g/mol. The summed E-state index contributed by atoms with van der Waals surface area (Å²) in [7, 11) is 1.42. The van der Waals surface area contributed by atoms with Crippen molar-refractivity contribution in [3.63, 3.8) is 0 Å². The Bertz CT molecular complexity index is 787. The summed E-state index contributed by atoms with van der Waals surface area (Å²) >= 11 is 0. The molecule has 4 aliphatic carbocycles. The lowest BCUT2D eigenvalue weighted by atomic mass is 9.45. The number of esters is 1. The summed E-state index contributed by atoms with van der Waals surface area (Å²) in [6.45, 7) is 8.07. The number of carbonyl (C=O) groups excluding carboxylic acids is 2. The highest BCUT2D eigenvalue weighted by molar-refractivity contribution is 6.01. The molecule has 0 heterocycles. The molecule has 4 nitrogen and oxygen atoms in total. The van der Waals surface area contributed by atoms with Crippen molar-refractivity contribution in [3.05, 3.63) is 23.8 Å². The highest BCUT2D eigenvalue weighted by atomic mass is 19.1. The number of carbonyl (C=O) groups is 2. The molecule has 154 valence electrons. The SMILES string of the molecule is COC(=O)[C@@]1(C)[C@H](C)CC2C3C[C@H](F)C4=CC(=O)C=C[C@]4(C)C3[C@@H](O)C[C@@]21C. The molecule has 0 aromatic rings. The van der Waals surface area contributed by atoms with Gasteiger partial charge in [0.15, 0.2) is 5.78 Å². The van der Waals surface area contributed by atoms with Crippen molar-refractivity contribution in [1.29, 1.82) is 0 Å². The Hall–Kier alpha value is -1.49. The maximum Gasteiger partial charge on any atom is 0.312 e. The second kappa shape index (κ2) is 6.01. The van der Waals surface area contributed by atoms with Crippen LogP contribution in [0, 0.1) is 39.9 Å². The van der Waals surface area contributed by atoms with E-state index in [1.165, 1.54) is 19.3 Å². The number of hydrogen-bond donors (Lipinski definition) is 1. The van der Waals surface area contributed by atoms with E-state index in [1.54, 1.807) is 6.08 Å². The summed E-state index contributed by atoms with van der Waals surface area (Å²) in [6.07, 6.45) is 4.48. The first kappa shape index (κ1) is 19.8. The second-order valence-corrected chi connectivity index (χ2v) is 10.1. The predicted molar refractivity (Wildman–Crippen MR) is 103 cm³/mol. The molecule has 0 bridgehead atoms. The molecule has 0 aromatic heterocycles. The zero-order chi connectivity index (χ0) is 20.6. The third kappa shape index (κ3) is 2.20. The number of hydrogen-bond acceptors (Lipinski definition) is 4. The highest BCUT2D eigenvalue weighted by Gasteiger charge is 2.70. The normalized spacial score (nSPS) is 52.4. The summed E-state index contributed by atoms with van der Waals surface area (Å²) in [5.74, 6) is -0.400. The van der Waals surface area contributed by atoms with E-state index in [-0.39, 0.29) is 35.4 Å². The average Bonchev–Trinajstić information content (AvgIpc) is 2.83. The molecule has 4 aliphatic rings. The number of aliphatic hydroxyl groups is 1. The van der Waals surface area contributed by atoms with Gasteiger partial charge in [0.25, 0.3) is 0 Å². The Kier molecular flexibility index (Phi) is 4.25. The molecule has 1 N–H and O–H groups in total. The van der Waals surface area contributed by atoms with Crippen LogP contribution in [0.25, 0.3) is 0 Å². The predicted octanol–water partition coefficient (Wildman–Crippen LogP) is 3.64. The lowest BCUT2D eigenvalue weighted by molar-refractivity contribution is -0.177. The summed E-state index contributed by atoms with van der Waals surface area (Å²) in [6, 6.07) is 0. The Morgan fingerprint density at radius 3 is 2.61 bits per heavy atom. The van der Waals surface area contributed by atoms with Gasteiger partial charge in [-0.3, -0.25) is 9.59 Å². The van der Waals surface area contributed by atoms with E-state index in [0.29, 0.717) is 18.4 Å². The number of alkyl halides is 1. The van der Waals surface area contributed by atoms with E-state index >= 15 is 4.39 Å². The van der Waals surface area contributed by atoms with Gasteiger partial charge in [0.1, 0.15) is 6.17 Å². The van der Waals surface area contributed by atoms with Crippen LogP contribution in [0.4, 0.5) is 4.39 Å². The highest BCUT2D eigenvalue weighted by Crippen LogP contribution is 2.71. The van der Waals surface area contributed by atoms with Crippen LogP contribution < -0.4 is 0 Å². The molecule has 0 radical (unpaired) electrons. The van der Waals surface area contributed by atoms with Gasteiger partial charge in [-0.05, 0) is 67.1 Å². The lowest BCUT2D eigenvalue weighted by Gasteiger charge is -2.60. The number of methoxy groups -OCH3 is 1. The van der Waals surface area contributed by atoms with E-state index in [9.17, 15) is 14.7 Å². The summed E-state index contributed by atoms with van der Waals surface area (Å²) < 4.78 is 20.5. The van der Waals surface area contributed by atoms with E-state index < -0.39 is 28.5 Å². The van der Waals surface area contributed by atoms with Crippen LogP contribution in [-0.2, 0) is 14.3 Å². The largest absolute Gasteiger partial charge is 0.469 e. The number of ketones is 1. The van der Waals surface area contributed by atoms with Crippen LogP contribution in [0.3, 0.4) is 0 Å². The zero-order valence-corrected chi connectivity index (χ0v) is 17.4. The van der Waals surface area contributed by atoms with Gasteiger partial charge < -0.3 is 9.84 Å². The standard InChI is InChI=1S/C23H31FO4/c1-12-8-15-14-10-17(24)16-9-13(25)6-7-21(16,2)19(14)18(26)11-22(15,3)23(12,4)20(27)28-5/h6-7,9,12,14-15,17-19,26H,8,10-11H2,1-5H3/t12-,14?,15?,17+,18+,19?,21+,22+,23-/m1/s1. The molecule has 3 saturated carbocycles. The number of halogens is 1. The fourth-order valence-corrected chi connectivity index (χ4v) is 7.54. The van der Waals surface area contributed by atoms with E-state index in [1.807, 2.05) is 13.8 Å². The molecule has 0 spiro atoms. The molecule has 0 amide bonds. The summed E-state index contributed by atoms with van der Waals surface area (Å²) in [5, 5.41) is 11.3. The van der Waals surface area contributed by atoms with Crippen LogP contribution in [0.1, 0.15) is 47.0 Å². The number of aliphatic hydroxyl groups excluding tert-OH is 1. The van der Waals surface area contributed by atoms with Gasteiger partial charge in [-0.1, -0.05) is 26.8 Å². The average molecular weight is 390 g/mol. The topological polar surface area (TPSA) is 63.6 Å². The Morgan fingerprint density at radius 2 is 1.96 bits per heavy atom. The van der Waals surface area contributed by atoms with Gasteiger partial charge in [0.05, 0.1) is 18.6 Å². The Balaban J connectivity index is 1.81. The van der Waals surface area contributed by atoms with E-state index in [4.69, 9.17) is 4.74 Å². The maximum atomic E-state index is 15.3. The number of rotatable bonds is 1. The smallest absolute Gasteiger partial charge is 0.312 e. The fraction of sp³-hybridized carbons (Fsp3) is 0.739. The molecule has 4 rings (SSSR count). The molecular weight excluding hydrogens is 359 g/mol. The Morgan fingerprint density at radius 1 is 1.29 bits per heavy atom. The Labute approximate surface area is 166 Å². The molecule has 28 heavy (non-hydrogen) atoms. The van der Waals surface area contributed by atoms with Gasteiger partial charge in [0.2, 0.25) is 0 Å². The number of fused-ring (bicyclic) bond motifs is 5. The van der Waals surface area contributed by atoms with Crippen molar-refractivity contribution in [3.8, 4) is 0 Å². The van der Waals surface area contributed by atoms with E-state index in [2.05, 4.69) is 13.8 Å². The van der Waals surface area contributed by atoms with Gasteiger partial charge in [0, 0.05) is 11.3 Å². The van der Waals surface area contributed by atoms with Gasteiger partial charge in [-0.25, -0.2) is 4.39 Å². The van der Waals surface area contributed by atoms with Crippen molar-refractivity contribution < 1.29 is 23.8 Å². The van der Waals surface area contributed by atoms with Crippen molar-refractivity contribution in [1.82, 2.24) is 0 Å². The number of allylic oxidation sites excluding steroid dienone is 4. The van der Waals surface area contributed by atoms with Crippen LogP contribution >= 0.6 is 0 Å². The molecule has 3 fully saturated rings. The molecule has 0 aliphatic heterocycles. The van der Waals surface area contributed by atoms with Gasteiger partial charge >= 0.3 is 5.97 Å². The minimum absolute atomic E-state index is 0.0438. The first-order valence-electron chi connectivity index (χ1n) is 10.4. The van der Waals surface area contributed by atoms with Crippen LogP contribution in [-0.4, -0.2) is 36.2 Å². The second-order valence-electron chi connectivity index (χ2n) is 10.1. The lowest BCUT2D eigenvalue weighted by Crippen LogP contribution is -2.60. The quantitative estimate of drug-likeness (QED) is 0.695. The fourth-order valence-electron chi connectivity index (χ4n) is 7.54. The first-order chi connectivity index (χ1) is 13.0. The summed E-state index contributed by atoms with van der Waals surface area (Å²) in [5.41, 5.74) is -1.32. The molecule has 0 aromatic carbocycles. The van der Waals surface area contributed by atoms with E-state index in [0.717, 1.165) is 6.42 Å². The molecule has 3 unspecified atom stereocenters. The molecule has 0 saturated heterocycles. The maximum absolute atomic E-state index is 15.3. The molecule has 9 atom stereocenters. The van der Waals surface area contributed by atoms with Crippen molar-refractivity contribution in [2.45, 2.75) is 59.2 Å². The third-order valence-corrected chi connectivity index (χ3v) is 9.26. The van der Waals surface area contributed by atoms with Crippen molar-refractivity contribution in [2.75, 3.05) is 7.11 Å². The number of ether oxygens (including phenoxy) is 1. The van der Waals surface area contributed by atoms with Crippen LogP contribution in [0.15, 0.2) is 23.8 Å². The van der Waals surface area contributed by atoms with Crippen LogP contribution in [0.5, 0.6) is 0 Å². The third-order valence-electron chi connectivity index (χ3n) is 9.26. The zero-order valence-electron chi connectivity index (χ0n) is 17.4. The van der Waals surface area contributed by atoms with Gasteiger partial charge in [-0.15, -0.1) is 0 Å². The van der Waals surface area contributed by atoms with Crippen LogP contribution in [0.2, 0.25) is 0 Å². The molecule has 5 heteroatoms. The minimum atomic E-state index is -1.20. The van der Waals surface area contributed by atoms with Crippen molar-refractivity contribution >= 4 is 11.8 Å². The summed E-state index contributed by atoms with van der Waals surface area (Å²) in [4.78, 5) is 24.7. The molecular formula is C23H31FO4. The first-order valence-corrected chi connectivity index (χ1v) is 10.4.